The normalized spacial score (nSPS) is 20.4. The molecule has 4 atom stereocenters. The van der Waals surface area contributed by atoms with Crippen LogP contribution in [0.1, 0.15) is 19.4 Å². The van der Waals surface area contributed by atoms with Crippen molar-refractivity contribution in [1.29, 1.82) is 0 Å². The second kappa shape index (κ2) is 12.8. The Morgan fingerprint density at radius 1 is 1.23 bits per heavy atom. The van der Waals surface area contributed by atoms with Crippen molar-refractivity contribution in [3.05, 3.63) is 82.6 Å². The van der Waals surface area contributed by atoms with Gasteiger partial charge in [-0.05, 0) is 40.3 Å². The largest absolute Gasteiger partial charge is 0.488 e. The molecular weight excluding hydrogens is 629 g/mol. The number of carbonyl (C=O) groups excluding carboxylic acids is 3. The molecule has 0 aliphatic carbocycles. The molecular formula is C29H33IN3O7+. The molecule has 2 aromatic rings. The van der Waals surface area contributed by atoms with Gasteiger partial charge in [0.25, 0.3) is 0 Å². The maximum atomic E-state index is 13.3. The predicted molar refractivity (Wildman–Crippen MR) is 152 cm³/mol. The standard InChI is InChI=1S/C29H33IN3O7/c1-6-12-37-29(36)26-21(16-38-23-9-8-20(14-22(23)30)15-32-11-10-31(5)17-32)18(3)25-24(27(34)33(25)26)19(4)28(35)40-39-13-7-2/h6-11,14,17-19,24-25H,1-2,12-13,15-16H2,3-5H3/q+1/t18-,19?,24?,25?/m0/s1. The molecule has 2 aliphatic heterocycles. The lowest BCUT2D eigenvalue weighted by atomic mass is 9.74. The summed E-state index contributed by atoms with van der Waals surface area (Å²) in [4.78, 5) is 49.9. The summed E-state index contributed by atoms with van der Waals surface area (Å²) in [5, 5.41) is 0. The van der Waals surface area contributed by atoms with Crippen molar-refractivity contribution in [3.63, 3.8) is 0 Å². The Bertz CT molecular complexity index is 1350. The van der Waals surface area contributed by atoms with Crippen LogP contribution in [0.2, 0.25) is 0 Å². The van der Waals surface area contributed by atoms with Crippen molar-refractivity contribution >= 4 is 40.4 Å². The van der Waals surface area contributed by atoms with E-state index < -0.39 is 29.8 Å². The molecule has 4 rings (SSSR count). The number of amides is 1. The van der Waals surface area contributed by atoms with Crippen LogP contribution >= 0.6 is 22.6 Å². The van der Waals surface area contributed by atoms with Crippen LogP contribution in [0, 0.1) is 21.3 Å². The molecule has 11 heteroatoms. The van der Waals surface area contributed by atoms with Crippen LogP contribution in [0.25, 0.3) is 0 Å². The van der Waals surface area contributed by atoms with Crippen LogP contribution in [0.3, 0.4) is 0 Å². The van der Waals surface area contributed by atoms with E-state index in [-0.39, 0.29) is 37.3 Å². The van der Waals surface area contributed by atoms with Gasteiger partial charge in [0.15, 0.2) is 0 Å². The maximum absolute atomic E-state index is 13.3. The smallest absolute Gasteiger partial charge is 0.355 e. The summed E-state index contributed by atoms with van der Waals surface area (Å²) >= 11 is 2.23. The van der Waals surface area contributed by atoms with Gasteiger partial charge in [-0.2, -0.15) is 4.89 Å². The molecule has 0 radical (unpaired) electrons. The molecule has 1 saturated heterocycles. The number of imidazole rings is 1. The molecule has 3 heterocycles. The molecule has 1 aromatic carbocycles. The first-order chi connectivity index (χ1) is 19.2. The number of esters is 1. The number of carbonyl (C=O) groups is 3. The molecule has 1 fully saturated rings. The van der Waals surface area contributed by atoms with Gasteiger partial charge in [0, 0.05) is 11.5 Å². The number of hydrogen-bond donors (Lipinski definition) is 0. The number of halogens is 1. The molecule has 1 aromatic heterocycles. The van der Waals surface area contributed by atoms with Crippen LogP contribution in [0.15, 0.2) is 73.5 Å². The Hall–Kier alpha value is -3.45. The third-order valence-corrected chi connectivity index (χ3v) is 7.97. The van der Waals surface area contributed by atoms with Crippen molar-refractivity contribution in [1.82, 2.24) is 9.47 Å². The second-order valence-electron chi connectivity index (χ2n) is 9.84. The van der Waals surface area contributed by atoms with Gasteiger partial charge >= 0.3 is 11.9 Å². The average molecular weight is 663 g/mol. The molecule has 0 N–H and O–H groups in total. The van der Waals surface area contributed by atoms with Crippen molar-refractivity contribution in [2.45, 2.75) is 26.4 Å². The predicted octanol–water partition coefficient (Wildman–Crippen LogP) is 3.10. The van der Waals surface area contributed by atoms with E-state index in [4.69, 9.17) is 19.2 Å². The van der Waals surface area contributed by atoms with Gasteiger partial charge in [-0.1, -0.05) is 38.6 Å². The summed E-state index contributed by atoms with van der Waals surface area (Å²) < 4.78 is 16.5. The topological polar surface area (TPSA) is 100 Å². The lowest BCUT2D eigenvalue weighted by molar-refractivity contribution is -0.671. The van der Waals surface area contributed by atoms with Crippen molar-refractivity contribution < 1.29 is 38.2 Å². The van der Waals surface area contributed by atoms with E-state index in [1.165, 1.54) is 17.1 Å². The Labute approximate surface area is 246 Å². The molecule has 0 saturated carbocycles. The number of hydrogen-bond acceptors (Lipinski definition) is 7. The number of fused-ring (bicyclic) bond motifs is 1. The minimum absolute atomic E-state index is 0.00311. The van der Waals surface area contributed by atoms with E-state index >= 15 is 0 Å². The highest BCUT2D eigenvalue weighted by atomic mass is 127. The van der Waals surface area contributed by atoms with Gasteiger partial charge in [-0.15, -0.1) is 6.58 Å². The SMILES string of the molecule is C=CCOOC(=O)C(C)C1C(=O)N2C(C(=O)OCC=C)=C(COc3ccc(Cn4cc[n+](C)c4)cc3I)[C@H](C)C12. The van der Waals surface area contributed by atoms with E-state index in [9.17, 15) is 14.4 Å². The van der Waals surface area contributed by atoms with Gasteiger partial charge < -0.3 is 14.4 Å². The number of benzene rings is 1. The van der Waals surface area contributed by atoms with E-state index in [1.807, 2.05) is 49.4 Å². The molecule has 2 aliphatic rings. The lowest BCUT2D eigenvalue weighted by Crippen LogP contribution is -2.63. The van der Waals surface area contributed by atoms with E-state index in [0.29, 0.717) is 11.3 Å². The number of nitrogens with zero attached hydrogens (tertiary/aromatic N) is 3. The maximum Gasteiger partial charge on any atom is 0.355 e. The van der Waals surface area contributed by atoms with Gasteiger partial charge in [-0.3, -0.25) is 9.68 Å². The minimum atomic E-state index is -0.775. The summed E-state index contributed by atoms with van der Waals surface area (Å²) in [5.74, 6) is -2.68. The molecule has 212 valence electrons. The van der Waals surface area contributed by atoms with E-state index in [1.54, 1.807) is 6.92 Å². The number of aromatic nitrogens is 2. The Balaban J connectivity index is 1.52. The van der Waals surface area contributed by atoms with Crippen LogP contribution in [-0.4, -0.2) is 53.2 Å². The fourth-order valence-corrected chi connectivity index (χ4v) is 5.86. The van der Waals surface area contributed by atoms with Gasteiger partial charge in [0.1, 0.15) is 50.2 Å². The highest BCUT2D eigenvalue weighted by Crippen LogP contribution is 2.49. The van der Waals surface area contributed by atoms with Crippen LogP contribution in [-0.2, 0) is 42.5 Å². The van der Waals surface area contributed by atoms with Gasteiger partial charge in [-0.25, -0.2) is 18.7 Å². The first-order valence-corrected chi connectivity index (χ1v) is 14.0. The number of β-lactam (4-membered cyclic amide) rings is 1. The quantitative estimate of drug-likeness (QED) is 0.0476. The Kier molecular flexibility index (Phi) is 9.46. The van der Waals surface area contributed by atoms with Gasteiger partial charge in [0.2, 0.25) is 12.2 Å². The Morgan fingerprint density at radius 2 is 1.98 bits per heavy atom. The van der Waals surface area contributed by atoms with Crippen molar-refractivity contribution in [3.8, 4) is 5.75 Å². The van der Waals surface area contributed by atoms with Crippen LogP contribution in [0.5, 0.6) is 5.75 Å². The van der Waals surface area contributed by atoms with Crippen LogP contribution in [0.4, 0.5) is 0 Å². The van der Waals surface area contributed by atoms with Crippen LogP contribution < -0.4 is 9.30 Å². The fraction of sp³-hybridized carbons (Fsp3) is 0.379. The minimum Gasteiger partial charge on any atom is -0.488 e. The first kappa shape index (κ1) is 29.5. The average Bonchev–Trinajstić information content (AvgIpc) is 3.44. The summed E-state index contributed by atoms with van der Waals surface area (Å²) in [6, 6.07) is 5.54. The fourth-order valence-electron chi connectivity index (χ4n) is 5.13. The van der Waals surface area contributed by atoms with Crippen molar-refractivity contribution in [2.24, 2.45) is 24.8 Å². The Morgan fingerprint density at radius 3 is 2.62 bits per heavy atom. The third-order valence-electron chi connectivity index (χ3n) is 7.13. The second-order valence-corrected chi connectivity index (χ2v) is 11.0. The number of ether oxygens (including phenoxy) is 2. The first-order valence-electron chi connectivity index (χ1n) is 12.9. The number of rotatable bonds is 13. The summed E-state index contributed by atoms with van der Waals surface area (Å²) in [6.07, 6.45) is 8.90. The molecule has 10 nitrogen and oxygen atoms in total. The zero-order valence-corrected chi connectivity index (χ0v) is 24.9. The molecule has 0 spiro atoms. The summed E-state index contributed by atoms with van der Waals surface area (Å²) in [5.41, 5.74) is 1.92. The summed E-state index contributed by atoms with van der Waals surface area (Å²) in [7, 11) is 1.97. The molecule has 3 unspecified atom stereocenters. The van der Waals surface area contributed by atoms with E-state index in [0.717, 1.165) is 15.7 Å². The van der Waals surface area contributed by atoms with Gasteiger partial charge in [0.05, 0.1) is 28.5 Å². The molecule has 0 bridgehead atoms. The lowest BCUT2D eigenvalue weighted by Gasteiger charge is -2.47. The third kappa shape index (κ3) is 5.99. The van der Waals surface area contributed by atoms with E-state index in [2.05, 4.69) is 46.4 Å². The monoisotopic (exact) mass is 662 g/mol. The zero-order chi connectivity index (χ0) is 29.0. The number of aryl methyl sites for hydroxylation is 1. The van der Waals surface area contributed by atoms with Crippen molar-refractivity contribution in [2.75, 3.05) is 19.8 Å². The highest BCUT2D eigenvalue weighted by Gasteiger charge is 2.61. The molecule has 1 amide bonds. The summed E-state index contributed by atoms with van der Waals surface area (Å²) in [6.45, 7) is 11.5. The molecule has 40 heavy (non-hydrogen) atoms. The highest BCUT2D eigenvalue weighted by molar-refractivity contribution is 14.1. The zero-order valence-electron chi connectivity index (χ0n) is 22.7.